The Morgan fingerprint density at radius 2 is 2.24 bits per heavy atom. The molecular weight excluding hydrogens is 311 g/mol. The predicted octanol–water partition coefficient (Wildman–Crippen LogP) is 2.44. The number of rotatable bonds is 4. The minimum absolute atomic E-state index is 0.00687. The maximum absolute atomic E-state index is 12.3. The number of nitrogens with zero attached hydrogens (tertiary/aromatic N) is 2. The standard InChI is InChI=1S/C12H15ClF3N3O2/c13-10-9(17-5-8-3-1-2-4-21-8)6-18-19(11(10)20)7-12(14,15)16/h6,8,17H,1-5,7H2. The molecule has 0 bridgehead atoms. The second-order valence-electron chi connectivity index (χ2n) is 4.82. The van der Waals surface area contributed by atoms with E-state index in [0.29, 0.717) is 17.8 Å². The number of nitrogens with one attached hydrogen (secondary N) is 1. The topological polar surface area (TPSA) is 56.1 Å². The minimum atomic E-state index is -4.52. The highest BCUT2D eigenvalue weighted by Gasteiger charge is 2.29. The van der Waals surface area contributed by atoms with Gasteiger partial charge in [-0.25, -0.2) is 4.68 Å². The van der Waals surface area contributed by atoms with E-state index in [1.807, 2.05) is 0 Å². The van der Waals surface area contributed by atoms with Crippen LogP contribution in [0.15, 0.2) is 11.0 Å². The molecule has 1 aromatic rings. The number of hydrogen-bond donors (Lipinski definition) is 1. The van der Waals surface area contributed by atoms with E-state index in [-0.39, 0.29) is 16.8 Å². The number of hydrogen-bond acceptors (Lipinski definition) is 4. The number of ether oxygens (including phenoxy) is 1. The molecule has 0 radical (unpaired) electrons. The average Bonchev–Trinajstić information content (AvgIpc) is 2.43. The van der Waals surface area contributed by atoms with Crippen molar-refractivity contribution in [3.05, 3.63) is 21.6 Å². The second kappa shape index (κ2) is 6.65. The lowest BCUT2D eigenvalue weighted by atomic mass is 10.1. The number of anilines is 1. The molecule has 0 saturated carbocycles. The van der Waals surface area contributed by atoms with Crippen LogP contribution in [0.3, 0.4) is 0 Å². The Labute approximate surface area is 124 Å². The lowest BCUT2D eigenvalue weighted by molar-refractivity contribution is -0.143. The molecule has 5 nitrogen and oxygen atoms in total. The van der Waals surface area contributed by atoms with Crippen LogP contribution in [0.5, 0.6) is 0 Å². The summed E-state index contributed by atoms with van der Waals surface area (Å²) >= 11 is 5.80. The van der Waals surface area contributed by atoms with Crippen LogP contribution < -0.4 is 10.9 Å². The van der Waals surface area contributed by atoms with Crippen molar-refractivity contribution in [2.75, 3.05) is 18.5 Å². The van der Waals surface area contributed by atoms with Crippen LogP contribution in [0.25, 0.3) is 0 Å². The first-order chi connectivity index (χ1) is 9.87. The molecule has 2 rings (SSSR count). The Hall–Kier alpha value is -1.28. The molecule has 0 aliphatic carbocycles. The van der Waals surface area contributed by atoms with Crippen molar-refractivity contribution in [3.8, 4) is 0 Å². The van der Waals surface area contributed by atoms with Gasteiger partial charge in [-0.2, -0.15) is 18.3 Å². The van der Waals surface area contributed by atoms with E-state index < -0.39 is 18.3 Å². The van der Waals surface area contributed by atoms with Crippen molar-refractivity contribution < 1.29 is 17.9 Å². The van der Waals surface area contributed by atoms with Gasteiger partial charge >= 0.3 is 6.18 Å². The van der Waals surface area contributed by atoms with Crippen LogP contribution in [0.2, 0.25) is 5.02 Å². The zero-order valence-corrected chi connectivity index (χ0v) is 11.9. The highest BCUT2D eigenvalue weighted by Crippen LogP contribution is 2.20. The molecule has 118 valence electrons. The molecule has 0 amide bonds. The Morgan fingerprint density at radius 3 is 2.86 bits per heavy atom. The maximum atomic E-state index is 12.3. The highest BCUT2D eigenvalue weighted by atomic mass is 35.5. The molecule has 1 saturated heterocycles. The Kier molecular flexibility index (Phi) is 5.10. The van der Waals surface area contributed by atoms with Gasteiger partial charge in [0.15, 0.2) is 0 Å². The van der Waals surface area contributed by atoms with Crippen LogP contribution in [-0.2, 0) is 11.3 Å². The summed E-state index contributed by atoms with van der Waals surface area (Å²) in [5, 5.41) is 6.08. The fourth-order valence-corrected chi connectivity index (χ4v) is 2.28. The molecule has 2 heterocycles. The first-order valence-electron chi connectivity index (χ1n) is 6.54. The van der Waals surface area contributed by atoms with Crippen molar-refractivity contribution in [1.82, 2.24) is 9.78 Å². The monoisotopic (exact) mass is 325 g/mol. The zero-order valence-electron chi connectivity index (χ0n) is 11.1. The highest BCUT2D eigenvalue weighted by molar-refractivity contribution is 6.32. The molecule has 0 spiro atoms. The van der Waals surface area contributed by atoms with Crippen LogP contribution in [-0.4, -0.2) is 35.2 Å². The summed E-state index contributed by atoms with van der Waals surface area (Å²) in [4.78, 5) is 11.7. The third-order valence-electron chi connectivity index (χ3n) is 3.11. The molecule has 1 N–H and O–H groups in total. The molecule has 1 fully saturated rings. The van der Waals surface area contributed by atoms with Crippen molar-refractivity contribution in [2.24, 2.45) is 0 Å². The molecule has 9 heteroatoms. The predicted molar refractivity (Wildman–Crippen MR) is 71.6 cm³/mol. The first-order valence-corrected chi connectivity index (χ1v) is 6.92. The van der Waals surface area contributed by atoms with Crippen molar-refractivity contribution in [3.63, 3.8) is 0 Å². The molecule has 21 heavy (non-hydrogen) atoms. The van der Waals surface area contributed by atoms with Gasteiger partial charge in [-0.15, -0.1) is 0 Å². The van der Waals surface area contributed by atoms with E-state index in [1.165, 1.54) is 0 Å². The maximum Gasteiger partial charge on any atom is 0.408 e. The van der Waals surface area contributed by atoms with Crippen LogP contribution in [0.4, 0.5) is 18.9 Å². The normalized spacial score (nSPS) is 19.5. The first kappa shape index (κ1) is 16.1. The number of halogens is 4. The van der Waals surface area contributed by atoms with E-state index in [4.69, 9.17) is 16.3 Å². The Morgan fingerprint density at radius 1 is 1.48 bits per heavy atom. The lowest BCUT2D eigenvalue weighted by Crippen LogP contribution is -2.32. The molecule has 1 aliphatic heterocycles. The van der Waals surface area contributed by atoms with Gasteiger partial charge in [0.2, 0.25) is 0 Å². The molecule has 0 aromatic carbocycles. The summed E-state index contributed by atoms with van der Waals surface area (Å²) in [5.74, 6) is 0. The molecule has 1 aromatic heterocycles. The third-order valence-corrected chi connectivity index (χ3v) is 3.47. The van der Waals surface area contributed by atoms with Gasteiger partial charge in [0.05, 0.1) is 18.0 Å². The van der Waals surface area contributed by atoms with Gasteiger partial charge in [-0.1, -0.05) is 11.6 Å². The van der Waals surface area contributed by atoms with E-state index in [9.17, 15) is 18.0 Å². The van der Waals surface area contributed by atoms with Crippen molar-refractivity contribution in [2.45, 2.75) is 38.1 Å². The van der Waals surface area contributed by atoms with Crippen LogP contribution in [0, 0.1) is 0 Å². The summed E-state index contributed by atoms with van der Waals surface area (Å²) in [6.45, 7) is -0.340. The fourth-order valence-electron chi connectivity index (χ4n) is 2.06. The summed E-state index contributed by atoms with van der Waals surface area (Å²) in [5.41, 5.74) is -0.752. The van der Waals surface area contributed by atoms with E-state index in [2.05, 4.69) is 10.4 Å². The number of aromatic nitrogens is 2. The van der Waals surface area contributed by atoms with Crippen LogP contribution in [0.1, 0.15) is 19.3 Å². The SMILES string of the molecule is O=c1c(Cl)c(NCC2CCCCO2)cnn1CC(F)(F)F. The van der Waals surface area contributed by atoms with Crippen molar-refractivity contribution >= 4 is 17.3 Å². The summed E-state index contributed by atoms with van der Waals surface area (Å²) in [6.07, 6.45) is -0.419. The quantitative estimate of drug-likeness (QED) is 0.924. The lowest BCUT2D eigenvalue weighted by Gasteiger charge is -2.23. The number of alkyl halides is 3. The summed E-state index contributed by atoms with van der Waals surface area (Å²) in [6, 6.07) is 0. The smallest absolute Gasteiger partial charge is 0.380 e. The zero-order chi connectivity index (χ0) is 15.5. The molecular formula is C12H15ClF3N3O2. The van der Waals surface area contributed by atoms with Crippen LogP contribution >= 0.6 is 11.6 Å². The Bertz CT molecular complexity index is 542. The minimum Gasteiger partial charge on any atom is -0.380 e. The third kappa shape index (κ3) is 4.60. The van der Waals surface area contributed by atoms with Crippen molar-refractivity contribution in [1.29, 1.82) is 0 Å². The van der Waals surface area contributed by atoms with E-state index in [1.54, 1.807) is 0 Å². The molecule has 1 unspecified atom stereocenters. The largest absolute Gasteiger partial charge is 0.408 e. The van der Waals surface area contributed by atoms with Gasteiger partial charge in [-0.3, -0.25) is 4.79 Å². The van der Waals surface area contributed by atoms with Gasteiger partial charge < -0.3 is 10.1 Å². The molecule has 1 atom stereocenters. The fraction of sp³-hybridized carbons (Fsp3) is 0.667. The summed E-state index contributed by atoms with van der Waals surface area (Å²) in [7, 11) is 0. The van der Waals surface area contributed by atoms with Gasteiger partial charge in [-0.05, 0) is 19.3 Å². The van der Waals surface area contributed by atoms with E-state index >= 15 is 0 Å². The van der Waals surface area contributed by atoms with Gasteiger partial charge in [0.1, 0.15) is 11.6 Å². The average molecular weight is 326 g/mol. The second-order valence-corrected chi connectivity index (χ2v) is 5.20. The summed E-state index contributed by atoms with van der Waals surface area (Å²) < 4.78 is 42.6. The van der Waals surface area contributed by atoms with E-state index in [0.717, 1.165) is 25.5 Å². The van der Waals surface area contributed by atoms with Gasteiger partial charge in [0.25, 0.3) is 5.56 Å². The molecule has 1 aliphatic rings. The Balaban J connectivity index is 2.04. The van der Waals surface area contributed by atoms with Gasteiger partial charge in [0, 0.05) is 13.2 Å².